The van der Waals surface area contributed by atoms with Crippen molar-refractivity contribution in [2.45, 2.75) is 34.6 Å². The maximum Gasteiger partial charge on any atom is 0.131 e. The van der Waals surface area contributed by atoms with E-state index >= 15 is 0 Å². The molecule has 0 radical (unpaired) electrons. The standard InChI is InChI=1S/C19H15F.2C2H6/c1-4-15-16(5-2)19-14(11-18(15)20)8-7-13-10-12(3)6-9-17(13)19;2*1-2/h4-11H,1-2H2,3H3;2*1-2H3. The van der Waals surface area contributed by atoms with Crippen LogP contribution in [0.1, 0.15) is 44.4 Å². The van der Waals surface area contributed by atoms with Crippen molar-refractivity contribution in [3.8, 4) is 0 Å². The first-order chi connectivity index (χ1) is 11.7. The first-order valence-electron chi connectivity index (χ1n) is 8.56. The molecule has 3 aromatic rings. The summed E-state index contributed by atoms with van der Waals surface area (Å²) in [5.74, 6) is -0.256. The SMILES string of the molecule is C=Cc1c(F)cc2ccc3cc(C)ccc3c2c1C=C.CC.CC. The number of benzene rings is 3. The Balaban J connectivity index is 0.000000671. The van der Waals surface area contributed by atoms with Gasteiger partial charge in [0, 0.05) is 5.56 Å². The molecule has 0 atom stereocenters. The monoisotopic (exact) mass is 322 g/mol. The van der Waals surface area contributed by atoms with Crippen LogP contribution in [0, 0.1) is 12.7 Å². The summed E-state index contributed by atoms with van der Waals surface area (Å²) in [6.45, 7) is 17.6. The van der Waals surface area contributed by atoms with Crippen molar-refractivity contribution in [3.05, 3.63) is 72.1 Å². The van der Waals surface area contributed by atoms with Crippen LogP contribution < -0.4 is 0 Å². The van der Waals surface area contributed by atoms with E-state index in [9.17, 15) is 4.39 Å². The molecule has 24 heavy (non-hydrogen) atoms. The summed E-state index contributed by atoms with van der Waals surface area (Å²) in [5, 5.41) is 4.20. The molecule has 0 nitrogen and oxygen atoms in total. The van der Waals surface area contributed by atoms with Gasteiger partial charge in [0.25, 0.3) is 0 Å². The first-order valence-corrected chi connectivity index (χ1v) is 8.56. The second kappa shape index (κ2) is 9.02. The van der Waals surface area contributed by atoms with Crippen molar-refractivity contribution >= 4 is 33.7 Å². The lowest BCUT2D eigenvalue weighted by Gasteiger charge is -2.12. The van der Waals surface area contributed by atoms with Gasteiger partial charge in [-0.2, -0.15) is 0 Å². The maximum absolute atomic E-state index is 14.1. The third kappa shape index (κ3) is 3.56. The van der Waals surface area contributed by atoms with Crippen molar-refractivity contribution in [1.29, 1.82) is 0 Å². The van der Waals surface area contributed by atoms with Gasteiger partial charge in [-0.3, -0.25) is 0 Å². The summed E-state index contributed by atoms with van der Waals surface area (Å²) in [6, 6.07) is 11.9. The van der Waals surface area contributed by atoms with Gasteiger partial charge in [-0.1, -0.05) is 88.9 Å². The minimum absolute atomic E-state index is 0.256. The fraction of sp³-hybridized carbons (Fsp3) is 0.217. The highest BCUT2D eigenvalue weighted by Crippen LogP contribution is 2.33. The molecule has 0 saturated carbocycles. The molecule has 3 rings (SSSR count). The van der Waals surface area contributed by atoms with Crippen LogP contribution in [-0.2, 0) is 0 Å². The highest BCUT2D eigenvalue weighted by Gasteiger charge is 2.11. The Labute approximate surface area is 145 Å². The van der Waals surface area contributed by atoms with Gasteiger partial charge < -0.3 is 0 Å². The lowest BCUT2D eigenvalue weighted by Crippen LogP contribution is -1.91. The summed E-state index contributed by atoms with van der Waals surface area (Å²) in [4.78, 5) is 0. The third-order valence-corrected chi connectivity index (χ3v) is 3.71. The molecule has 3 aromatic carbocycles. The van der Waals surface area contributed by atoms with Crippen LogP contribution >= 0.6 is 0 Å². The van der Waals surface area contributed by atoms with Gasteiger partial charge >= 0.3 is 0 Å². The van der Waals surface area contributed by atoms with Crippen LogP contribution in [0.5, 0.6) is 0 Å². The van der Waals surface area contributed by atoms with E-state index in [4.69, 9.17) is 0 Å². The molecule has 0 bridgehead atoms. The van der Waals surface area contributed by atoms with E-state index in [1.807, 2.05) is 39.8 Å². The Kier molecular flexibility index (Phi) is 7.38. The minimum atomic E-state index is -0.256. The summed E-state index contributed by atoms with van der Waals surface area (Å²) < 4.78 is 14.1. The van der Waals surface area contributed by atoms with Crippen LogP contribution in [0.3, 0.4) is 0 Å². The van der Waals surface area contributed by atoms with Gasteiger partial charge in [-0.05, 0) is 40.1 Å². The van der Waals surface area contributed by atoms with Gasteiger partial charge in [-0.25, -0.2) is 4.39 Å². The zero-order valence-electron chi connectivity index (χ0n) is 15.4. The average molecular weight is 322 g/mol. The van der Waals surface area contributed by atoms with E-state index in [0.29, 0.717) is 5.56 Å². The smallest absolute Gasteiger partial charge is 0.131 e. The van der Waals surface area contributed by atoms with Crippen molar-refractivity contribution in [3.63, 3.8) is 0 Å². The van der Waals surface area contributed by atoms with E-state index in [1.165, 1.54) is 5.56 Å². The highest BCUT2D eigenvalue weighted by atomic mass is 19.1. The molecule has 0 amide bonds. The minimum Gasteiger partial charge on any atom is -0.206 e. The van der Waals surface area contributed by atoms with Crippen LogP contribution in [0.15, 0.2) is 49.6 Å². The Morgan fingerprint density at radius 3 is 1.96 bits per heavy atom. The maximum atomic E-state index is 14.1. The molecule has 0 aliphatic carbocycles. The van der Waals surface area contributed by atoms with Crippen LogP contribution in [0.2, 0.25) is 0 Å². The number of fused-ring (bicyclic) bond motifs is 3. The zero-order valence-corrected chi connectivity index (χ0v) is 15.4. The summed E-state index contributed by atoms with van der Waals surface area (Å²) in [5.41, 5.74) is 2.54. The molecule has 0 aliphatic heterocycles. The van der Waals surface area contributed by atoms with Crippen molar-refractivity contribution in [1.82, 2.24) is 0 Å². The van der Waals surface area contributed by atoms with Crippen LogP contribution in [-0.4, -0.2) is 0 Å². The van der Waals surface area contributed by atoms with Gasteiger partial charge in [-0.15, -0.1) is 0 Å². The van der Waals surface area contributed by atoms with Gasteiger partial charge in [0.15, 0.2) is 0 Å². The van der Waals surface area contributed by atoms with Crippen molar-refractivity contribution in [2.75, 3.05) is 0 Å². The number of rotatable bonds is 2. The van der Waals surface area contributed by atoms with Crippen LogP contribution in [0.4, 0.5) is 4.39 Å². The van der Waals surface area contributed by atoms with E-state index in [-0.39, 0.29) is 5.82 Å². The normalized spacial score (nSPS) is 9.58. The molecule has 0 aromatic heterocycles. The molecule has 0 spiro atoms. The molecular formula is C23H27F. The van der Waals surface area contributed by atoms with Gasteiger partial charge in [0.2, 0.25) is 0 Å². The van der Waals surface area contributed by atoms with Crippen molar-refractivity contribution in [2.24, 2.45) is 0 Å². The predicted octanol–water partition coefficient (Wildman–Crippen LogP) is 7.78. The Morgan fingerprint density at radius 1 is 0.792 bits per heavy atom. The predicted molar refractivity (Wildman–Crippen MR) is 109 cm³/mol. The van der Waals surface area contributed by atoms with E-state index < -0.39 is 0 Å². The number of halogens is 1. The quantitative estimate of drug-likeness (QED) is 0.422. The molecule has 0 saturated heterocycles. The Hall–Kier alpha value is -2.41. The van der Waals surface area contributed by atoms with E-state index in [2.05, 4.69) is 38.3 Å². The van der Waals surface area contributed by atoms with Crippen LogP contribution in [0.25, 0.3) is 33.7 Å². The average Bonchev–Trinajstić information content (AvgIpc) is 2.63. The molecule has 0 heterocycles. The number of aryl methyl sites for hydroxylation is 1. The molecule has 0 fully saturated rings. The Morgan fingerprint density at radius 2 is 1.38 bits per heavy atom. The van der Waals surface area contributed by atoms with Crippen molar-refractivity contribution < 1.29 is 4.39 Å². The first kappa shape index (κ1) is 19.6. The summed E-state index contributed by atoms with van der Waals surface area (Å²) in [6.07, 6.45) is 3.26. The Bertz CT molecular complexity index is 857. The number of hydrogen-bond acceptors (Lipinski definition) is 0. The molecule has 0 unspecified atom stereocenters. The second-order valence-corrected chi connectivity index (χ2v) is 4.98. The summed E-state index contributed by atoms with van der Waals surface area (Å²) >= 11 is 0. The lowest BCUT2D eigenvalue weighted by atomic mass is 9.93. The molecule has 0 N–H and O–H groups in total. The third-order valence-electron chi connectivity index (χ3n) is 3.71. The van der Waals surface area contributed by atoms with Gasteiger partial charge in [0.1, 0.15) is 5.82 Å². The molecule has 126 valence electrons. The topological polar surface area (TPSA) is 0 Å². The zero-order chi connectivity index (χ0) is 18.3. The largest absolute Gasteiger partial charge is 0.206 e. The molecule has 1 heteroatoms. The fourth-order valence-electron chi connectivity index (χ4n) is 2.78. The van der Waals surface area contributed by atoms with E-state index in [1.54, 1.807) is 18.2 Å². The number of hydrogen-bond donors (Lipinski definition) is 0. The van der Waals surface area contributed by atoms with E-state index in [0.717, 1.165) is 27.1 Å². The molecular weight excluding hydrogens is 295 g/mol. The summed E-state index contributed by atoms with van der Waals surface area (Å²) in [7, 11) is 0. The molecule has 0 aliphatic rings. The second-order valence-electron chi connectivity index (χ2n) is 4.98. The fourth-order valence-corrected chi connectivity index (χ4v) is 2.78. The van der Waals surface area contributed by atoms with Gasteiger partial charge in [0.05, 0.1) is 0 Å². The lowest BCUT2D eigenvalue weighted by molar-refractivity contribution is 0.627. The highest BCUT2D eigenvalue weighted by molar-refractivity contribution is 6.12.